The number of aromatic nitrogens is 2. The summed E-state index contributed by atoms with van der Waals surface area (Å²) in [6, 6.07) is 15.8. The molecule has 3 heterocycles. The molecular formula is C28H27ClN4O2S. The van der Waals surface area contributed by atoms with Gasteiger partial charge in [-0.05, 0) is 66.0 Å². The van der Waals surface area contributed by atoms with Crippen LogP contribution in [0.25, 0.3) is 11.1 Å². The van der Waals surface area contributed by atoms with E-state index in [2.05, 4.69) is 34.7 Å². The molecule has 6 nitrogen and oxygen atoms in total. The highest BCUT2D eigenvalue weighted by molar-refractivity contribution is 7.12. The van der Waals surface area contributed by atoms with Crippen molar-refractivity contribution in [1.29, 1.82) is 0 Å². The summed E-state index contributed by atoms with van der Waals surface area (Å²) in [4.78, 5) is 28.3. The summed E-state index contributed by atoms with van der Waals surface area (Å²) in [7, 11) is 1.92. The van der Waals surface area contributed by atoms with Crippen molar-refractivity contribution in [2.75, 3.05) is 18.4 Å². The molecule has 1 aliphatic heterocycles. The number of nitrogens with zero attached hydrogens (tertiary/aromatic N) is 3. The number of amides is 2. The Bertz CT molecular complexity index is 1400. The van der Waals surface area contributed by atoms with Gasteiger partial charge >= 0.3 is 0 Å². The van der Waals surface area contributed by atoms with Crippen LogP contribution in [-0.2, 0) is 7.05 Å². The van der Waals surface area contributed by atoms with E-state index >= 15 is 0 Å². The van der Waals surface area contributed by atoms with E-state index in [-0.39, 0.29) is 11.8 Å². The Labute approximate surface area is 219 Å². The van der Waals surface area contributed by atoms with Crippen LogP contribution >= 0.6 is 22.9 Å². The predicted molar refractivity (Wildman–Crippen MR) is 145 cm³/mol. The summed E-state index contributed by atoms with van der Waals surface area (Å²) in [5, 5.41) is 9.37. The predicted octanol–water partition coefficient (Wildman–Crippen LogP) is 6.38. The molecule has 1 fully saturated rings. The number of carbonyl (C=O) groups excluding carboxylic acids is 2. The number of anilines is 1. The summed E-state index contributed by atoms with van der Waals surface area (Å²) < 4.78 is 1.81. The molecule has 8 heteroatoms. The molecule has 4 aromatic rings. The molecule has 0 saturated carbocycles. The Morgan fingerprint density at radius 2 is 1.81 bits per heavy atom. The Morgan fingerprint density at radius 3 is 2.44 bits per heavy atom. The topological polar surface area (TPSA) is 67.2 Å². The van der Waals surface area contributed by atoms with Crippen LogP contribution in [0.3, 0.4) is 0 Å². The second-order valence-corrected chi connectivity index (χ2v) is 10.5. The first kappa shape index (κ1) is 24.3. The molecule has 2 aromatic heterocycles. The summed E-state index contributed by atoms with van der Waals surface area (Å²) >= 11 is 7.39. The van der Waals surface area contributed by atoms with Gasteiger partial charge in [0, 0.05) is 43.1 Å². The molecule has 0 unspecified atom stereocenters. The molecule has 0 radical (unpaired) electrons. The molecule has 0 bridgehead atoms. The highest BCUT2D eigenvalue weighted by Crippen LogP contribution is 2.31. The summed E-state index contributed by atoms with van der Waals surface area (Å²) in [6.07, 6.45) is 5.73. The zero-order valence-electron chi connectivity index (χ0n) is 20.2. The first-order chi connectivity index (χ1) is 17.4. The number of benzene rings is 2. The van der Waals surface area contributed by atoms with Crippen LogP contribution in [0.5, 0.6) is 0 Å². The largest absolute Gasteiger partial charge is 0.339 e. The van der Waals surface area contributed by atoms with Crippen molar-refractivity contribution >= 4 is 40.4 Å². The molecule has 0 aliphatic carbocycles. The number of carbonyl (C=O) groups is 2. The number of rotatable bonds is 5. The van der Waals surface area contributed by atoms with Crippen LogP contribution in [0.2, 0.25) is 5.02 Å². The fourth-order valence-corrected chi connectivity index (χ4v) is 5.68. The minimum Gasteiger partial charge on any atom is -0.339 e. The van der Waals surface area contributed by atoms with Gasteiger partial charge in [-0.15, -0.1) is 11.3 Å². The van der Waals surface area contributed by atoms with Crippen molar-refractivity contribution in [2.45, 2.75) is 25.7 Å². The van der Waals surface area contributed by atoms with Gasteiger partial charge in [-0.1, -0.05) is 41.9 Å². The Balaban J connectivity index is 1.22. The average Bonchev–Trinajstić information content (AvgIpc) is 3.53. The first-order valence-electron chi connectivity index (χ1n) is 11.9. The number of hydrogen-bond acceptors (Lipinski definition) is 4. The molecule has 0 spiro atoms. The second kappa shape index (κ2) is 10.3. The monoisotopic (exact) mass is 518 g/mol. The Hall–Kier alpha value is -3.42. The van der Waals surface area contributed by atoms with Crippen LogP contribution in [0.15, 0.2) is 66.3 Å². The van der Waals surface area contributed by atoms with E-state index in [1.165, 1.54) is 16.9 Å². The molecule has 1 saturated heterocycles. The van der Waals surface area contributed by atoms with Crippen molar-refractivity contribution in [3.05, 3.63) is 92.9 Å². The maximum absolute atomic E-state index is 13.3. The van der Waals surface area contributed by atoms with Gasteiger partial charge in [0.25, 0.3) is 11.8 Å². The van der Waals surface area contributed by atoms with Crippen molar-refractivity contribution in [1.82, 2.24) is 14.7 Å². The number of likely N-dealkylation sites (tertiary alicyclic amines) is 1. The van der Waals surface area contributed by atoms with Gasteiger partial charge in [-0.2, -0.15) is 5.10 Å². The van der Waals surface area contributed by atoms with Crippen molar-refractivity contribution in [2.24, 2.45) is 7.05 Å². The smallest absolute Gasteiger partial charge is 0.267 e. The van der Waals surface area contributed by atoms with Crippen LogP contribution in [0.1, 0.15) is 49.9 Å². The van der Waals surface area contributed by atoms with E-state index in [0.29, 0.717) is 40.2 Å². The molecule has 36 heavy (non-hydrogen) atoms. The number of hydrogen-bond donors (Lipinski definition) is 1. The third-order valence-corrected chi connectivity index (χ3v) is 8.10. The Kier molecular flexibility index (Phi) is 6.94. The lowest BCUT2D eigenvalue weighted by molar-refractivity contribution is 0.0712. The van der Waals surface area contributed by atoms with Gasteiger partial charge in [-0.25, -0.2) is 0 Å². The highest BCUT2D eigenvalue weighted by atomic mass is 35.5. The van der Waals surface area contributed by atoms with Crippen LogP contribution in [-0.4, -0.2) is 39.6 Å². The normalized spacial score (nSPS) is 14.1. The maximum Gasteiger partial charge on any atom is 0.267 e. The molecule has 0 atom stereocenters. The van der Waals surface area contributed by atoms with Crippen LogP contribution in [0, 0.1) is 6.92 Å². The minimum atomic E-state index is -0.266. The van der Waals surface area contributed by atoms with Gasteiger partial charge < -0.3 is 10.2 Å². The molecule has 2 amide bonds. The van der Waals surface area contributed by atoms with Gasteiger partial charge in [0.15, 0.2) is 0 Å². The first-order valence-corrected chi connectivity index (χ1v) is 13.2. The SMILES string of the molecule is Cc1ccc(C(=O)N2CCC(c3ccc(-c4cnn(C)c4)cc3)CC2)cc1NC(=O)c1sccc1Cl. The van der Waals surface area contributed by atoms with Gasteiger partial charge in [0.2, 0.25) is 0 Å². The maximum atomic E-state index is 13.3. The molecular weight excluding hydrogens is 492 g/mol. The lowest BCUT2D eigenvalue weighted by Gasteiger charge is -2.32. The summed E-state index contributed by atoms with van der Waals surface area (Å²) in [5.41, 5.74) is 5.66. The van der Waals surface area contributed by atoms with E-state index < -0.39 is 0 Å². The number of halogens is 1. The van der Waals surface area contributed by atoms with E-state index in [0.717, 1.165) is 29.5 Å². The van der Waals surface area contributed by atoms with Gasteiger partial charge in [0.1, 0.15) is 4.88 Å². The number of nitrogens with one attached hydrogen (secondary N) is 1. The summed E-state index contributed by atoms with van der Waals surface area (Å²) in [6.45, 7) is 3.31. The van der Waals surface area contributed by atoms with Gasteiger partial charge in [0.05, 0.1) is 11.2 Å². The lowest BCUT2D eigenvalue weighted by Crippen LogP contribution is -2.38. The van der Waals surface area contributed by atoms with E-state index in [1.807, 2.05) is 43.4 Å². The zero-order chi connectivity index (χ0) is 25.2. The average molecular weight is 519 g/mol. The second-order valence-electron chi connectivity index (χ2n) is 9.17. The van der Waals surface area contributed by atoms with Gasteiger partial charge in [-0.3, -0.25) is 14.3 Å². The van der Waals surface area contributed by atoms with Crippen molar-refractivity contribution < 1.29 is 9.59 Å². The van der Waals surface area contributed by atoms with Crippen molar-refractivity contribution in [3.8, 4) is 11.1 Å². The highest BCUT2D eigenvalue weighted by Gasteiger charge is 2.25. The quantitative estimate of drug-likeness (QED) is 0.333. The molecule has 5 rings (SSSR count). The molecule has 2 aromatic carbocycles. The molecule has 1 aliphatic rings. The Morgan fingerprint density at radius 1 is 1.06 bits per heavy atom. The standard InChI is InChI=1S/C28H27ClN4O2S/c1-18-3-4-22(15-25(18)31-27(34)26-24(29)11-14-36-26)28(35)33-12-9-21(10-13-33)19-5-7-20(8-6-19)23-16-30-32(2)17-23/h3-8,11,14-17,21H,9-10,12-13H2,1-2H3,(H,31,34). The number of aryl methyl sites for hydroxylation is 2. The van der Waals surface area contributed by atoms with Crippen molar-refractivity contribution in [3.63, 3.8) is 0 Å². The number of thiophene rings is 1. The molecule has 184 valence electrons. The third-order valence-electron chi connectivity index (χ3n) is 6.76. The van der Waals surface area contributed by atoms with Crippen LogP contribution in [0.4, 0.5) is 5.69 Å². The van der Waals surface area contributed by atoms with E-state index in [4.69, 9.17) is 11.6 Å². The summed E-state index contributed by atoms with van der Waals surface area (Å²) in [5.74, 6) is 0.156. The van der Waals surface area contributed by atoms with Crippen LogP contribution < -0.4 is 5.32 Å². The lowest BCUT2D eigenvalue weighted by atomic mass is 9.88. The fourth-order valence-electron chi connectivity index (χ4n) is 4.64. The van der Waals surface area contributed by atoms with E-state index in [1.54, 1.807) is 22.2 Å². The number of piperidine rings is 1. The third kappa shape index (κ3) is 5.08. The van der Waals surface area contributed by atoms with E-state index in [9.17, 15) is 9.59 Å². The molecule has 1 N–H and O–H groups in total. The minimum absolute atomic E-state index is 0.00923. The zero-order valence-corrected chi connectivity index (χ0v) is 21.8. The fraction of sp³-hybridized carbons (Fsp3) is 0.250.